The van der Waals surface area contributed by atoms with Crippen LogP contribution in [0.2, 0.25) is 0 Å². The van der Waals surface area contributed by atoms with Crippen LogP contribution in [0.4, 0.5) is 11.6 Å². The van der Waals surface area contributed by atoms with Crippen LogP contribution < -0.4 is 9.44 Å². The van der Waals surface area contributed by atoms with Crippen LogP contribution in [0.15, 0.2) is 70.6 Å². The van der Waals surface area contributed by atoms with Gasteiger partial charge in [-0.3, -0.25) is 4.72 Å². The Bertz CT molecular complexity index is 1260. The number of hydrogen-bond acceptors (Lipinski definition) is 6. The van der Waals surface area contributed by atoms with Crippen LogP contribution in [0.5, 0.6) is 0 Å². The van der Waals surface area contributed by atoms with Gasteiger partial charge in [-0.2, -0.15) is 0 Å². The SMILES string of the molecule is CCC(C)c1ccc(S(=O)(=O)Nc2ccc(S(=O)(=O)Nc3nccc(C)n3)cc2)cc1. The second-order valence-electron chi connectivity index (χ2n) is 7.14. The number of benzene rings is 2. The summed E-state index contributed by atoms with van der Waals surface area (Å²) in [6, 6.07) is 13.8. The van der Waals surface area contributed by atoms with Crippen LogP contribution in [0.1, 0.15) is 37.4 Å². The van der Waals surface area contributed by atoms with Crippen molar-refractivity contribution in [3.8, 4) is 0 Å². The van der Waals surface area contributed by atoms with Crippen LogP contribution in [0, 0.1) is 6.92 Å². The van der Waals surface area contributed by atoms with Crippen molar-refractivity contribution < 1.29 is 16.8 Å². The van der Waals surface area contributed by atoms with Crippen LogP contribution in [0.25, 0.3) is 0 Å². The Morgan fingerprint density at radius 2 is 1.39 bits per heavy atom. The highest BCUT2D eigenvalue weighted by atomic mass is 32.2. The number of sulfonamides is 2. The Hall–Kier alpha value is -2.98. The van der Waals surface area contributed by atoms with Crippen LogP contribution in [0.3, 0.4) is 0 Å². The Balaban J connectivity index is 1.75. The van der Waals surface area contributed by atoms with Gasteiger partial charge in [-0.05, 0) is 67.3 Å². The first-order valence-corrected chi connectivity index (χ1v) is 12.6. The third-order valence-corrected chi connectivity index (χ3v) is 7.55. The third-order valence-electron chi connectivity index (χ3n) is 4.81. The molecule has 0 spiro atoms. The van der Waals surface area contributed by atoms with Crippen molar-refractivity contribution in [1.82, 2.24) is 9.97 Å². The van der Waals surface area contributed by atoms with Gasteiger partial charge in [0, 0.05) is 17.6 Å². The van der Waals surface area contributed by atoms with Crippen molar-refractivity contribution in [2.45, 2.75) is 42.9 Å². The topological polar surface area (TPSA) is 118 Å². The van der Waals surface area contributed by atoms with Crippen molar-refractivity contribution >= 4 is 31.7 Å². The summed E-state index contributed by atoms with van der Waals surface area (Å²) < 4.78 is 55.1. The zero-order chi connectivity index (χ0) is 22.6. The van der Waals surface area contributed by atoms with Crippen LogP contribution in [-0.2, 0) is 20.0 Å². The quantitative estimate of drug-likeness (QED) is 0.526. The fourth-order valence-electron chi connectivity index (χ4n) is 2.80. The van der Waals surface area contributed by atoms with E-state index in [0.29, 0.717) is 11.6 Å². The number of anilines is 2. The lowest BCUT2D eigenvalue weighted by atomic mass is 9.99. The molecule has 10 heteroatoms. The maximum atomic E-state index is 12.6. The maximum absolute atomic E-state index is 12.6. The summed E-state index contributed by atoms with van der Waals surface area (Å²) in [6.07, 6.45) is 2.41. The molecule has 0 aliphatic rings. The van der Waals surface area contributed by atoms with E-state index in [1.165, 1.54) is 30.5 Å². The number of hydrogen-bond donors (Lipinski definition) is 2. The Kier molecular flexibility index (Phi) is 6.61. The standard InChI is InChI=1S/C21H24N4O4S2/c1-4-15(2)17-5-9-19(10-6-17)30(26,27)24-18-7-11-20(12-8-18)31(28,29)25-21-22-14-13-16(3)23-21/h5-15,24H,4H2,1-3H3,(H,22,23,25). The minimum atomic E-state index is -3.91. The predicted molar refractivity (Wildman–Crippen MR) is 120 cm³/mol. The molecule has 0 aliphatic carbocycles. The molecule has 31 heavy (non-hydrogen) atoms. The summed E-state index contributed by atoms with van der Waals surface area (Å²) >= 11 is 0. The fraction of sp³-hybridized carbons (Fsp3) is 0.238. The van der Waals surface area contributed by atoms with Crippen LogP contribution >= 0.6 is 0 Å². The summed E-state index contributed by atoms with van der Waals surface area (Å²) in [5, 5.41) is 0. The lowest BCUT2D eigenvalue weighted by Crippen LogP contribution is -2.16. The van der Waals surface area contributed by atoms with Crippen molar-refractivity contribution in [3.63, 3.8) is 0 Å². The van der Waals surface area contributed by atoms with Gasteiger partial charge in [-0.25, -0.2) is 31.5 Å². The second kappa shape index (κ2) is 9.03. The molecule has 0 saturated carbocycles. The van der Waals surface area contributed by atoms with Gasteiger partial charge in [-0.1, -0.05) is 26.0 Å². The summed E-state index contributed by atoms with van der Waals surface area (Å²) in [5.41, 5.74) is 1.94. The lowest BCUT2D eigenvalue weighted by Gasteiger charge is -2.12. The largest absolute Gasteiger partial charge is 0.280 e. The smallest absolute Gasteiger partial charge is 0.264 e. The number of nitrogens with zero attached hydrogens (tertiary/aromatic N) is 2. The van der Waals surface area contributed by atoms with Crippen molar-refractivity contribution in [3.05, 3.63) is 72.1 Å². The van der Waals surface area contributed by atoms with Gasteiger partial charge in [-0.15, -0.1) is 0 Å². The van der Waals surface area contributed by atoms with E-state index in [-0.39, 0.29) is 21.4 Å². The molecule has 3 aromatic rings. The number of aromatic nitrogens is 2. The molecule has 0 radical (unpaired) electrons. The molecule has 3 rings (SSSR count). The first-order chi connectivity index (χ1) is 14.6. The lowest BCUT2D eigenvalue weighted by molar-refractivity contribution is 0.599. The molecule has 1 atom stereocenters. The summed E-state index contributed by atoms with van der Waals surface area (Å²) in [5.74, 6) is 0.309. The molecule has 164 valence electrons. The fourth-order valence-corrected chi connectivity index (χ4v) is 4.81. The maximum Gasteiger partial charge on any atom is 0.264 e. The molecule has 2 aromatic carbocycles. The highest BCUT2D eigenvalue weighted by Gasteiger charge is 2.18. The second-order valence-corrected chi connectivity index (χ2v) is 10.5. The van der Waals surface area contributed by atoms with Gasteiger partial charge in [0.25, 0.3) is 20.0 Å². The molecular formula is C21H24N4O4S2. The zero-order valence-corrected chi connectivity index (χ0v) is 19.0. The van der Waals surface area contributed by atoms with E-state index >= 15 is 0 Å². The Morgan fingerprint density at radius 3 is 1.94 bits per heavy atom. The minimum Gasteiger partial charge on any atom is -0.280 e. The van der Waals surface area contributed by atoms with Crippen molar-refractivity contribution in [2.24, 2.45) is 0 Å². The molecule has 1 heterocycles. The molecule has 1 unspecified atom stereocenters. The highest BCUT2D eigenvalue weighted by Crippen LogP contribution is 2.23. The average molecular weight is 461 g/mol. The van der Waals surface area contributed by atoms with E-state index in [9.17, 15) is 16.8 Å². The number of aryl methyl sites for hydroxylation is 1. The summed E-state index contributed by atoms with van der Waals surface area (Å²) in [7, 11) is -7.71. The van der Waals surface area contributed by atoms with Crippen molar-refractivity contribution in [2.75, 3.05) is 9.44 Å². The van der Waals surface area contributed by atoms with E-state index < -0.39 is 20.0 Å². The summed E-state index contributed by atoms with van der Waals surface area (Å²) in [4.78, 5) is 7.98. The average Bonchev–Trinajstić information content (AvgIpc) is 2.73. The van der Waals surface area contributed by atoms with E-state index in [1.54, 1.807) is 37.3 Å². The molecule has 0 aliphatic heterocycles. The number of rotatable bonds is 8. The predicted octanol–water partition coefficient (Wildman–Crippen LogP) is 3.90. The molecule has 0 amide bonds. The van der Waals surface area contributed by atoms with E-state index in [1.807, 2.05) is 0 Å². The van der Waals surface area contributed by atoms with E-state index in [4.69, 9.17) is 0 Å². The van der Waals surface area contributed by atoms with E-state index in [0.717, 1.165) is 12.0 Å². The minimum absolute atomic E-state index is 0.0365. The van der Waals surface area contributed by atoms with Gasteiger partial charge in [0.05, 0.1) is 9.79 Å². The first-order valence-electron chi connectivity index (χ1n) is 9.66. The summed E-state index contributed by atoms with van der Waals surface area (Å²) in [6.45, 7) is 5.87. The van der Waals surface area contributed by atoms with Gasteiger partial charge >= 0.3 is 0 Å². The monoisotopic (exact) mass is 460 g/mol. The van der Waals surface area contributed by atoms with Gasteiger partial charge < -0.3 is 0 Å². The Morgan fingerprint density at radius 1 is 0.839 bits per heavy atom. The third kappa shape index (κ3) is 5.59. The van der Waals surface area contributed by atoms with Crippen molar-refractivity contribution in [1.29, 1.82) is 0 Å². The van der Waals surface area contributed by atoms with Gasteiger partial charge in [0.1, 0.15) is 0 Å². The van der Waals surface area contributed by atoms with E-state index in [2.05, 4.69) is 33.3 Å². The molecule has 2 N–H and O–H groups in total. The first kappa shape index (κ1) is 22.7. The highest BCUT2D eigenvalue weighted by molar-refractivity contribution is 7.93. The molecule has 0 bridgehead atoms. The molecule has 8 nitrogen and oxygen atoms in total. The normalized spacial score (nSPS) is 12.9. The molecule has 1 aromatic heterocycles. The van der Waals surface area contributed by atoms with Crippen LogP contribution in [-0.4, -0.2) is 26.8 Å². The Labute approximate surface area is 182 Å². The zero-order valence-electron chi connectivity index (χ0n) is 17.4. The molecular weight excluding hydrogens is 436 g/mol. The van der Waals surface area contributed by atoms with Gasteiger partial charge in [0.15, 0.2) is 0 Å². The molecule has 0 saturated heterocycles. The molecule has 0 fully saturated rings. The van der Waals surface area contributed by atoms with Gasteiger partial charge in [0.2, 0.25) is 5.95 Å². The number of nitrogens with one attached hydrogen (secondary N) is 2.